The van der Waals surface area contributed by atoms with Crippen LogP contribution >= 0.6 is 0 Å². The van der Waals surface area contributed by atoms with Crippen molar-refractivity contribution >= 4 is 10.9 Å². The lowest BCUT2D eigenvalue weighted by Crippen LogP contribution is -2.08. The Morgan fingerprint density at radius 1 is 1.47 bits per heavy atom. The number of pyridine rings is 1. The fourth-order valence-electron chi connectivity index (χ4n) is 1.63. The van der Waals surface area contributed by atoms with E-state index in [1.54, 1.807) is 6.07 Å². The van der Waals surface area contributed by atoms with Crippen LogP contribution in [0.5, 0.6) is 5.75 Å². The van der Waals surface area contributed by atoms with Gasteiger partial charge in [0.05, 0.1) is 5.52 Å². The smallest absolute Gasteiger partial charge is 0.293 e. The maximum Gasteiger partial charge on any atom is 0.293 e. The molecule has 2 N–H and O–H groups in total. The van der Waals surface area contributed by atoms with Crippen LogP contribution in [-0.2, 0) is 6.42 Å². The lowest BCUT2D eigenvalue weighted by Gasteiger charge is -2.05. The molecule has 0 aliphatic rings. The van der Waals surface area contributed by atoms with Crippen LogP contribution < -0.4 is 5.56 Å². The number of hydrogen-bond acceptors (Lipinski definition) is 2. The minimum Gasteiger partial charge on any atom is -0.501 e. The van der Waals surface area contributed by atoms with Crippen molar-refractivity contribution in [1.82, 2.24) is 4.98 Å². The average Bonchev–Trinajstić information content (AvgIpc) is 2.25. The maximum atomic E-state index is 13.5. The topological polar surface area (TPSA) is 53.1 Å². The van der Waals surface area contributed by atoms with Gasteiger partial charge in [0.1, 0.15) is 0 Å². The van der Waals surface area contributed by atoms with Crippen LogP contribution in [0.3, 0.4) is 0 Å². The summed E-state index contributed by atoms with van der Waals surface area (Å²) in [5.41, 5.74) is 0.518. The molecule has 78 valence electrons. The van der Waals surface area contributed by atoms with E-state index in [-0.39, 0.29) is 5.39 Å². The predicted octanol–water partition coefficient (Wildman–Crippen LogP) is 1.94. The number of para-hydroxylation sites is 1. The Labute approximate surface area is 85.2 Å². The largest absolute Gasteiger partial charge is 0.501 e. The van der Waals surface area contributed by atoms with Crippen LogP contribution in [-0.4, -0.2) is 10.1 Å². The zero-order valence-corrected chi connectivity index (χ0v) is 8.17. The second-order valence-electron chi connectivity index (χ2n) is 3.31. The molecule has 0 saturated carbocycles. The number of rotatable bonds is 1. The molecule has 0 spiro atoms. The SMILES string of the molecule is CCc1cccc2c(F)c(O)c(=O)[nH]c12. The molecule has 2 aromatic rings. The molecule has 15 heavy (non-hydrogen) atoms. The quantitative estimate of drug-likeness (QED) is 0.750. The number of fused-ring (bicyclic) bond motifs is 1. The third-order valence-electron chi connectivity index (χ3n) is 2.43. The van der Waals surface area contributed by atoms with Gasteiger partial charge in [0, 0.05) is 5.39 Å². The third-order valence-corrected chi connectivity index (χ3v) is 2.43. The highest BCUT2D eigenvalue weighted by atomic mass is 19.1. The molecule has 0 atom stereocenters. The minimum absolute atomic E-state index is 0.242. The van der Waals surface area contributed by atoms with E-state index >= 15 is 0 Å². The highest BCUT2D eigenvalue weighted by Crippen LogP contribution is 2.22. The molecule has 0 radical (unpaired) electrons. The van der Waals surface area contributed by atoms with Crippen molar-refractivity contribution in [3.8, 4) is 5.75 Å². The van der Waals surface area contributed by atoms with Crippen molar-refractivity contribution in [2.75, 3.05) is 0 Å². The normalized spacial score (nSPS) is 10.8. The average molecular weight is 207 g/mol. The molecule has 3 nitrogen and oxygen atoms in total. The molecule has 0 unspecified atom stereocenters. The molecule has 1 heterocycles. The molecular formula is C11H10FNO2. The van der Waals surface area contributed by atoms with Crippen LogP contribution in [0.15, 0.2) is 23.0 Å². The fourth-order valence-corrected chi connectivity index (χ4v) is 1.63. The van der Waals surface area contributed by atoms with E-state index in [0.717, 1.165) is 5.56 Å². The van der Waals surface area contributed by atoms with Gasteiger partial charge in [0.2, 0.25) is 5.75 Å². The first-order valence-corrected chi connectivity index (χ1v) is 4.67. The van der Waals surface area contributed by atoms with E-state index in [0.29, 0.717) is 11.9 Å². The summed E-state index contributed by atoms with van der Waals surface area (Å²) in [6.07, 6.45) is 0.692. The minimum atomic E-state index is -0.857. The Morgan fingerprint density at radius 2 is 2.20 bits per heavy atom. The molecule has 4 heteroatoms. The number of aryl methyl sites for hydroxylation is 1. The van der Waals surface area contributed by atoms with Gasteiger partial charge >= 0.3 is 0 Å². The van der Waals surface area contributed by atoms with E-state index < -0.39 is 17.1 Å². The number of aromatic amines is 1. The number of H-pyrrole nitrogens is 1. The van der Waals surface area contributed by atoms with Crippen LogP contribution in [0.25, 0.3) is 10.9 Å². The Morgan fingerprint density at radius 3 is 2.87 bits per heavy atom. The first-order valence-electron chi connectivity index (χ1n) is 4.67. The number of nitrogens with one attached hydrogen (secondary N) is 1. The molecular weight excluding hydrogens is 197 g/mol. The number of halogens is 1. The van der Waals surface area contributed by atoms with E-state index in [2.05, 4.69) is 4.98 Å². The van der Waals surface area contributed by atoms with Gasteiger partial charge in [-0.1, -0.05) is 19.1 Å². The first kappa shape index (κ1) is 9.71. The monoisotopic (exact) mass is 207 g/mol. The summed E-state index contributed by atoms with van der Waals surface area (Å²) in [6.45, 7) is 1.91. The Hall–Kier alpha value is -1.84. The molecule has 1 aromatic carbocycles. The van der Waals surface area contributed by atoms with Crippen LogP contribution in [0.1, 0.15) is 12.5 Å². The predicted molar refractivity (Wildman–Crippen MR) is 55.6 cm³/mol. The van der Waals surface area contributed by atoms with Gasteiger partial charge in [-0.15, -0.1) is 0 Å². The lowest BCUT2D eigenvalue weighted by atomic mass is 10.1. The zero-order valence-electron chi connectivity index (χ0n) is 8.17. The lowest BCUT2D eigenvalue weighted by molar-refractivity contribution is 0.428. The summed E-state index contributed by atoms with van der Waals surface area (Å²) in [6, 6.07) is 5.04. The van der Waals surface area contributed by atoms with Gasteiger partial charge in [-0.05, 0) is 18.1 Å². The van der Waals surface area contributed by atoms with Gasteiger partial charge in [-0.2, -0.15) is 0 Å². The molecule has 0 saturated heterocycles. The number of hydrogen-bond donors (Lipinski definition) is 2. The molecule has 0 fully saturated rings. The highest BCUT2D eigenvalue weighted by Gasteiger charge is 2.12. The Bertz CT molecular complexity index is 575. The number of benzene rings is 1. The fraction of sp³-hybridized carbons (Fsp3) is 0.182. The van der Waals surface area contributed by atoms with Gasteiger partial charge in [0.15, 0.2) is 5.82 Å². The van der Waals surface area contributed by atoms with Crippen LogP contribution in [0.4, 0.5) is 4.39 Å². The summed E-state index contributed by atoms with van der Waals surface area (Å²) >= 11 is 0. The van der Waals surface area contributed by atoms with Crippen molar-refractivity contribution in [1.29, 1.82) is 0 Å². The number of aromatic hydroxyl groups is 1. The number of aromatic nitrogens is 1. The van der Waals surface area contributed by atoms with E-state index in [4.69, 9.17) is 5.11 Å². The first-order chi connectivity index (χ1) is 7.15. The van der Waals surface area contributed by atoms with Crippen molar-refractivity contribution in [2.24, 2.45) is 0 Å². The molecule has 0 bridgehead atoms. The highest BCUT2D eigenvalue weighted by molar-refractivity contribution is 5.83. The zero-order chi connectivity index (χ0) is 11.0. The molecule has 0 aliphatic heterocycles. The second-order valence-corrected chi connectivity index (χ2v) is 3.31. The summed E-state index contributed by atoms with van der Waals surface area (Å²) in [4.78, 5) is 13.6. The third kappa shape index (κ3) is 1.38. The van der Waals surface area contributed by atoms with Gasteiger partial charge < -0.3 is 10.1 Å². The van der Waals surface area contributed by atoms with Crippen molar-refractivity contribution in [2.45, 2.75) is 13.3 Å². The molecule has 0 aliphatic carbocycles. The van der Waals surface area contributed by atoms with Crippen molar-refractivity contribution in [3.63, 3.8) is 0 Å². The van der Waals surface area contributed by atoms with Crippen LogP contribution in [0, 0.1) is 5.82 Å². The summed E-state index contributed by atoms with van der Waals surface area (Å²) < 4.78 is 13.5. The summed E-state index contributed by atoms with van der Waals surface area (Å²) in [5.74, 6) is -1.71. The summed E-state index contributed by atoms with van der Waals surface area (Å²) in [5, 5.41) is 9.39. The molecule has 1 aromatic heterocycles. The maximum absolute atomic E-state index is 13.5. The standard InChI is InChI=1S/C11H10FNO2/c1-2-6-4-3-5-7-8(12)10(14)11(15)13-9(6)7/h3-5,14H,2H2,1H3,(H,13,15). The van der Waals surface area contributed by atoms with Crippen molar-refractivity contribution in [3.05, 3.63) is 39.9 Å². The van der Waals surface area contributed by atoms with Gasteiger partial charge in [0.25, 0.3) is 5.56 Å². The van der Waals surface area contributed by atoms with Crippen molar-refractivity contribution < 1.29 is 9.50 Å². The van der Waals surface area contributed by atoms with E-state index in [9.17, 15) is 9.18 Å². The Kier molecular flexibility index (Phi) is 2.19. The van der Waals surface area contributed by atoms with E-state index in [1.807, 2.05) is 13.0 Å². The van der Waals surface area contributed by atoms with Gasteiger partial charge in [-0.25, -0.2) is 4.39 Å². The molecule has 0 amide bonds. The summed E-state index contributed by atoms with van der Waals surface area (Å²) in [7, 11) is 0. The Balaban J connectivity index is 2.98. The van der Waals surface area contributed by atoms with Crippen LogP contribution in [0.2, 0.25) is 0 Å². The van der Waals surface area contributed by atoms with E-state index in [1.165, 1.54) is 6.07 Å². The van der Waals surface area contributed by atoms with Gasteiger partial charge in [-0.3, -0.25) is 4.79 Å². The second kappa shape index (κ2) is 3.38. The molecule has 2 rings (SSSR count).